The van der Waals surface area contributed by atoms with Crippen LogP contribution in [0.4, 0.5) is 17.1 Å². The molecule has 0 heterocycles. The van der Waals surface area contributed by atoms with Crippen LogP contribution in [-0.4, -0.2) is 0 Å². The maximum absolute atomic E-state index is 2.54. The number of hydrogen-bond donors (Lipinski definition) is 0. The number of hydrogen-bond acceptors (Lipinski definition) is 1. The third kappa shape index (κ3) is 5.32. The van der Waals surface area contributed by atoms with E-state index in [1.165, 1.54) is 131 Å². The van der Waals surface area contributed by atoms with Crippen molar-refractivity contribution in [2.75, 3.05) is 4.90 Å². The van der Waals surface area contributed by atoms with E-state index < -0.39 is 0 Å². The lowest BCUT2D eigenvalue weighted by molar-refractivity contribution is -0.00277. The predicted octanol–water partition coefficient (Wildman–Crippen LogP) is 14.9. The maximum atomic E-state index is 2.54. The van der Waals surface area contributed by atoms with Gasteiger partial charge >= 0.3 is 0 Å². The summed E-state index contributed by atoms with van der Waals surface area (Å²) in [5.41, 5.74) is 14.9. The molecule has 0 radical (unpaired) electrons. The largest absolute Gasteiger partial charge is 0.310 e. The van der Waals surface area contributed by atoms with E-state index in [4.69, 9.17) is 0 Å². The normalized spacial score (nSPS) is 25.1. The van der Waals surface area contributed by atoms with Crippen molar-refractivity contribution in [2.45, 2.75) is 95.3 Å². The molecule has 4 bridgehead atoms. The van der Waals surface area contributed by atoms with Gasteiger partial charge in [-0.2, -0.15) is 0 Å². The highest BCUT2D eigenvalue weighted by molar-refractivity contribution is 5.93. The van der Waals surface area contributed by atoms with Crippen molar-refractivity contribution in [3.8, 4) is 22.3 Å². The molecule has 6 aromatic carbocycles. The van der Waals surface area contributed by atoms with E-state index in [1.54, 1.807) is 5.56 Å². The molecule has 12 rings (SSSR count). The van der Waals surface area contributed by atoms with Gasteiger partial charge in [-0.05, 0) is 178 Å². The van der Waals surface area contributed by atoms with Gasteiger partial charge in [0.25, 0.3) is 0 Å². The third-order valence-corrected chi connectivity index (χ3v) is 15.0. The summed E-state index contributed by atoms with van der Waals surface area (Å²) in [5, 5.41) is 2.58. The summed E-state index contributed by atoms with van der Waals surface area (Å²) in [7, 11) is 0. The zero-order chi connectivity index (χ0) is 36.0. The van der Waals surface area contributed by atoms with Gasteiger partial charge in [0, 0.05) is 22.5 Å². The average Bonchev–Trinajstić information content (AvgIpc) is 3.44. The van der Waals surface area contributed by atoms with Crippen LogP contribution in [0, 0.1) is 23.7 Å². The Morgan fingerprint density at radius 3 is 1.83 bits per heavy atom. The van der Waals surface area contributed by atoms with E-state index in [-0.39, 0.29) is 5.41 Å². The Hall–Kier alpha value is -4.62. The average molecular weight is 704 g/mol. The molecule has 5 saturated carbocycles. The first-order chi connectivity index (χ1) is 26.5. The zero-order valence-corrected chi connectivity index (χ0v) is 32.1. The molecular formula is C53H53N. The van der Waals surface area contributed by atoms with Crippen LogP contribution >= 0.6 is 0 Å². The lowest BCUT2D eigenvalue weighted by Gasteiger charge is -2.54. The number of nitrogens with zero attached hydrogens (tertiary/aromatic N) is 1. The Kier molecular flexibility index (Phi) is 7.73. The molecule has 0 amide bonds. The van der Waals surface area contributed by atoms with Crippen molar-refractivity contribution >= 4 is 27.8 Å². The molecule has 0 aromatic heterocycles. The molecule has 0 N–H and O–H groups in total. The molecule has 0 atom stereocenters. The second-order valence-corrected chi connectivity index (χ2v) is 18.5. The first kappa shape index (κ1) is 32.8. The fourth-order valence-corrected chi connectivity index (χ4v) is 12.7. The number of fused-ring (bicyclic) bond motifs is 4. The molecular weight excluding hydrogens is 651 g/mol. The Morgan fingerprint density at radius 2 is 1.13 bits per heavy atom. The first-order valence-electron chi connectivity index (χ1n) is 21.3. The smallest absolute Gasteiger partial charge is 0.0465 e. The Morgan fingerprint density at radius 1 is 0.500 bits per heavy atom. The molecule has 5 fully saturated rings. The molecule has 6 aliphatic rings. The van der Waals surface area contributed by atoms with Crippen molar-refractivity contribution in [2.24, 2.45) is 23.7 Å². The molecule has 6 aliphatic carbocycles. The lowest BCUT2D eigenvalue weighted by Crippen LogP contribution is -2.43. The summed E-state index contributed by atoms with van der Waals surface area (Å²) in [5.74, 6) is 5.28. The Balaban J connectivity index is 0.984. The van der Waals surface area contributed by atoms with Gasteiger partial charge < -0.3 is 4.90 Å². The van der Waals surface area contributed by atoms with Gasteiger partial charge in [-0.25, -0.2) is 0 Å². The molecule has 270 valence electrons. The number of anilines is 3. The lowest BCUT2D eigenvalue weighted by atomic mass is 9.51. The van der Waals surface area contributed by atoms with Gasteiger partial charge in [0.05, 0.1) is 0 Å². The summed E-state index contributed by atoms with van der Waals surface area (Å²) in [6.07, 6.45) is 14.2. The SMILES string of the molecule is CC1(C)c2cc(N(c3ccc(C4CCCCC4)cc3)c3ccc(C4C5CC6CC(C5)CC4C6)cc3)ccc2-c2cccc(-c3ccc4ccccc4c3)c21. The second-order valence-electron chi connectivity index (χ2n) is 18.5. The summed E-state index contributed by atoms with van der Waals surface area (Å²) < 4.78 is 0. The standard InChI is InChI=1S/C53H53N/c1-53(2)50-33-46(25-26-48(50)49-14-8-13-47(52(49)53)41-16-15-37-11-6-7-12-40(37)32-41)54(44-21-17-38(18-22-44)36-9-4-3-5-10-36)45-23-19-39(20-24-45)51-42-28-34-27-35(30-42)31-43(51)29-34/h6-8,11-26,32-36,42-43,51H,3-5,9-10,27-31H2,1-2H3. The second kappa shape index (κ2) is 12.7. The highest BCUT2D eigenvalue weighted by Crippen LogP contribution is 2.60. The molecule has 0 unspecified atom stereocenters. The molecule has 6 aromatic rings. The summed E-state index contributed by atoms with van der Waals surface area (Å²) in [6, 6.07) is 49.5. The van der Waals surface area contributed by atoms with Gasteiger partial charge in [0.1, 0.15) is 0 Å². The maximum Gasteiger partial charge on any atom is 0.0465 e. The summed E-state index contributed by atoms with van der Waals surface area (Å²) in [4.78, 5) is 2.54. The molecule has 1 nitrogen and oxygen atoms in total. The first-order valence-corrected chi connectivity index (χ1v) is 21.3. The van der Waals surface area contributed by atoms with Crippen LogP contribution < -0.4 is 4.90 Å². The fourth-order valence-electron chi connectivity index (χ4n) is 12.7. The van der Waals surface area contributed by atoms with Gasteiger partial charge in [0.15, 0.2) is 0 Å². The minimum atomic E-state index is -0.150. The van der Waals surface area contributed by atoms with E-state index in [9.17, 15) is 0 Å². The fraction of sp³-hybridized carbons (Fsp3) is 0.358. The van der Waals surface area contributed by atoms with E-state index in [2.05, 4.69) is 146 Å². The highest BCUT2D eigenvalue weighted by atomic mass is 15.1. The Labute approximate surface area is 322 Å². The van der Waals surface area contributed by atoms with Crippen LogP contribution in [-0.2, 0) is 5.41 Å². The van der Waals surface area contributed by atoms with E-state index in [0.717, 1.165) is 29.6 Å². The monoisotopic (exact) mass is 703 g/mol. The van der Waals surface area contributed by atoms with Crippen LogP contribution in [0.2, 0.25) is 0 Å². The van der Waals surface area contributed by atoms with Crippen LogP contribution in [0.5, 0.6) is 0 Å². The summed E-state index contributed by atoms with van der Waals surface area (Å²) >= 11 is 0. The zero-order valence-electron chi connectivity index (χ0n) is 32.1. The number of benzene rings is 6. The Bertz CT molecular complexity index is 2330. The highest BCUT2D eigenvalue weighted by Gasteiger charge is 2.48. The summed E-state index contributed by atoms with van der Waals surface area (Å²) in [6.45, 7) is 4.88. The van der Waals surface area contributed by atoms with Crippen molar-refractivity contribution in [1.82, 2.24) is 0 Å². The van der Waals surface area contributed by atoms with E-state index in [1.807, 2.05) is 0 Å². The quantitative estimate of drug-likeness (QED) is 0.167. The van der Waals surface area contributed by atoms with Crippen LogP contribution in [0.25, 0.3) is 33.0 Å². The van der Waals surface area contributed by atoms with Crippen molar-refractivity contribution < 1.29 is 0 Å². The van der Waals surface area contributed by atoms with Gasteiger partial charge in [0.2, 0.25) is 0 Å². The molecule has 1 heteroatoms. The van der Waals surface area contributed by atoms with Gasteiger partial charge in [-0.15, -0.1) is 0 Å². The van der Waals surface area contributed by atoms with Crippen molar-refractivity contribution in [3.63, 3.8) is 0 Å². The van der Waals surface area contributed by atoms with Gasteiger partial charge in [-0.1, -0.05) is 118 Å². The molecule has 54 heavy (non-hydrogen) atoms. The van der Waals surface area contributed by atoms with E-state index >= 15 is 0 Å². The van der Waals surface area contributed by atoms with Crippen molar-refractivity contribution in [3.05, 3.63) is 150 Å². The van der Waals surface area contributed by atoms with Gasteiger partial charge in [-0.3, -0.25) is 0 Å². The van der Waals surface area contributed by atoms with E-state index in [0.29, 0.717) is 5.92 Å². The van der Waals surface area contributed by atoms with Crippen LogP contribution in [0.1, 0.15) is 112 Å². The van der Waals surface area contributed by atoms with Crippen LogP contribution in [0.3, 0.4) is 0 Å². The topological polar surface area (TPSA) is 3.24 Å². The van der Waals surface area contributed by atoms with Crippen molar-refractivity contribution in [1.29, 1.82) is 0 Å². The third-order valence-electron chi connectivity index (χ3n) is 15.0. The number of rotatable bonds is 6. The van der Waals surface area contributed by atoms with Crippen LogP contribution in [0.15, 0.2) is 127 Å². The minimum absolute atomic E-state index is 0.150. The molecule has 0 spiro atoms. The molecule has 0 saturated heterocycles. The molecule has 0 aliphatic heterocycles. The minimum Gasteiger partial charge on any atom is -0.310 e. The predicted molar refractivity (Wildman–Crippen MR) is 227 cm³/mol.